The molecular weight excluding hydrogens is 176 g/mol. The third-order valence-corrected chi connectivity index (χ3v) is 1.84. The Balaban J connectivity index is 3.81. The Kier molecular flexibility index (Phi) is 6.87. The SMILES string of the molecule is C#CCCN(CC)CC(=O)NC(C)C. The summed E-state index contributed by atoms with van der Waals surface area (Å²) < 4.78 is 0. The highest BCUT2D eigenvalue weighted by molar-refractivity contribution is 5.78. The van der Waals surface area contributed by atoms with Crippen LogP contribution in [0.2, 0.25) is 0 Å². The Labute approximate surface area is 86.9 Å². The molecule has 0 aliphatic heterocycles. The number of nitrogens with zero attached hydrogens (tertiary/aromatic N) is 1. The van der Waals surface area contributed by atoms with E-state index in [9.17, 15) is 4.79 Å². The third-order valence-electron chi connectivity index (χ3n) is 1.84. The van der Waals surface area contributed by atoms with Gasteiger partial charge in [-0.3, -0.25) is 9.69 Å². The standard InChI is InChI=1S/C11H20N2O/c1-5-7-8-13(6-2)9-11(14)12-10(3)4/h1,10H,6-9H2,2-4H3,(H,12,14). The van der Waals surface area contributed by atoms with Crippen LogP contribution in [0.25, 0.3) is 0 Å². The van der Waals surface area contributed by atoms with Crippen LogP contribution in [0.15, 0.2) is 0 Å². The Hall–Kier alpha value is -1.01. The van der Waals surface area contributed by atoms with Gasteiger partial charge in [0.1, 0.15) is 0 Å². The Bertz CT molecular complexity index is 206. The number of rotatable bonds is 6. The second kappa shape index (κ2) is 7.40. The average molecular weight is 196 g/mol. The fourth-order valence-electron chi connectivity index (χ4n) is 1.14. The first-order valence-electron chi connectivity index (χ1n) is 5.05. The molecule has 0 aliphatic rings. The predicted octanol–water partition coefficient (Wildman–Crippen LogP) is 0.856. The molecule has 0 aromatic carbocycles. The second-order valence-electron chi connectivity index (χ2n) is 3.55. The zero-order chi connectivity index (χ0) is 11.0. The monoisotopic (exact) mass is 196 g/mol. The molecule has 0 bridgehead atoms. The van der Waals surface area contributed by atoms with Crippen molar-refractivity contribution in [2.45, 2.75) is 33.2 Å². The number of carbonyl (C=O) groups is 1. The molecule has 1 amide bonds. The molecule has 0 saturated carbocycles. The number of hydrogen-bond acceptors (Lipinski definition) is 2. The van der Waals surface area contributed by atoms with Gasteiger partial charge in [0.25, 0.3) is 0 Å². The van der Waals surface area contributed by atoms with E-state index in [1.807, 2.05) is 25.7 Å². The van der Waals surface area contributed by atoms with Gasteiger partial charge in [0, 0.05) is 19.0 Å². The first-order valence-corrected chi connectivity index (χ1v) is 5.05. The summed E-state index contributed by atoms with van der Waals surface area (Å²) in [6.07, 6.45) is 5.86. The summed E-state index contributed by atoms with van der Waals surface area (Å²) >= 11 is 0. The molecule has 0 aliphatic carbocycles. The van der Waals surface area contributed by atoms with E-state index in [1.165, 1.54) is 0 Å². The van der Waals surface area contributed by atoms with E-state index in [0.29, 0.717) is 13.0 Å². The van der Waals surface area contributed by atoms with Crippen molar-refractivity contribution in [3.05, 3.63) is 0 Å². The number of carbonyl (C=O) groups excluding carboxylic acids is 1. The van der Waals surface area contributed by atoms with Gasteiger partial charge < -0.3 is 5.32 Å². The zero-order valence-corrected chi connectivity index (χ0v) is 9.34. The van der Waals surface area contributed by atoms with Crippen LogP contribution in [0.3, 0.4) is 0 Å². The lowest BCUT2D eigenvalue weighted by Crippen LogP contribution is -2.40. The summed E-state index contributed by atoms with van der Waals surface area (Å²) in [6.45, 7) is 8.02. The van der Waals surface area contributed by atoms with E-state index in [-0.39, 0.29) is 11.9 Å². The number of likely N-dealkylation sites (N-methyl/N-ethyl adjacent to an activating group) is 1. The molecule has 0 heterocycles. The molecule has 0 saturated heterocycles. The highest BCUT2D eigenvalue weighted by atomic mass is 16.2. The minimum Gasteiger partial charge on any atom is -0.353 e. The van der Waals surface area contributed by atoms with Crippen LogP contribution in [0.4, 0.5) is 0 Å². The summed E-state index contributed by atoms with van der Waals surface area (Å²) in [4.78, 5) is 13.4. The normalized spacial score (nSPS) is 10.3. The maximum atomic E-state index is 11.4. The van der Waals surface area contributed by atoms with Gasteiger partial charge in [0.05, 0.1) is 6.54 Å². The van der Waals surface area contributed by atoms with Crippen molar-refractivity contribution in [1.29, 1.82) is 0 Å². The van der Waals surface area contributed by atoms with Gasteiger partial charge in [-0.15, -0.1) is 12.3 Å². The first kappa shape index (κ1) is 13.0. The number of amides is 1. The number of hydrogen-bond donors (Lipinski definition) is 1. The summed E-state index contributed by atoms with van der Waals surface area (Å²) in [7, 11) is 0. The lowest BCUT2D eigenvalue weighted by molar-refractivity contribution is -0.122. The molecule has 0 unspecified atom stereocenters. The Morgan fingerprint density at radius 3 is 2.64 bits per heavy atom. The number of terminal acetylenes is 1. The highest BCUT2D eigenvalue weighted by Crippen LogP contribution is 1.90. The van der Waals surface area contributed by atoms with Gasteiger partial charge in [0.2, 0.25) is 5.91 Å². The molecular formula is C11H20N2O. The van der Waals surface area contributed by atoms with Crippen molar-refractivity contribution >= 4 is 5.91 Å². The van der Waals surface area contributed by atoms with Crippen LogP contribution in [0, 0.1) is 12.3 Å². The van der Waals surface area contributed by atoms with Crippen LogP contribution >= 0.6 is 0 Å². The molecule has 3 heteroatoms. The lowest BCUT2D eigenvalue weighted by Gasteiger charge is -2.19. The highest BCUT2D eigenvalue weighted by Gasteiger charge is 2.08. The zero-order valence-electron chi connectivity index (χ0n) is 9.34. The summed E-state index contributed by atoms with van der Waals surface area (Å²) in [5.74, 6) is 2.64. The van der Waals surface area contributed by atoms with Crippen molar-refractivity contribution in [3.8, 4) is 12.3 Å². The van der Waals surface area contributed by atoms with E-state index in [4.69, 9.17) is 6.42 Å². The predicted molar refractivity (Wildman–Crippen MR) is 58.8 cm³/mol. The van der Waals surface area contributed by atoms with Crippen molar-refractivity contribution in [2.24, 2.45) is 0 Å². The van der Waals surface area contributed by atoms with Crippen LogP contribution in [0.1, 0.15) is 27.2 Å². The quantitative estimate of drug-likeness (QED) is 0.639. The summed E-state index contributed by atoms with van der Waals surface area (Å²) in [5, 5.41) is 2.85. The molecule has 0 radical (unpaired) electrons. The maximum Gasteiger partial charge on any atom is 0.234 e. The molecule has 14 heavy (non-hydrogen) atoms. The van der Waals surface area contributed by atoms with Crippen LogP contribution < -0.4 is 5.32 Å². The molecule has 3 nitrogen and oxygen atoms in total. The van der Waals surface area contributed by atoms with Crippen molar-refractivity contribution in [1.82, 2.24) is 10.2 Å². The molecule has 1 N–H and O–H groups in total. The lowest BCUT2D eigenvalue weighted by atomic mass is 10.3. The first-order chi connectivity index (χ1) is 6.60. The van der Waals surface area contributed by atoms with Gasteiger partial charge in [-0.1, -0.05) is 6.92 Å². The average Bonchev–Trinajstić information content (AvgIpc) is 2.10. The molecule has 0 fully saturated rings. The van der Waals surface area contributed by atoms with Crippen LogP contribution in [-0.4, -0.2) is 36.5 Å². The molecule has 0 aromatic rings. The minimum absolute atomic E-state index is 0.0684. The number of nitrogens with one attached hydrogen (secondary N) is 1. The Morgan fingerprint density at radius 1 is 1.57 bits per heavy atom. The van der Waals surface area contributed by atoms with Crippen molar-refractivity contribution in [3.63, 3.8) is 0 Å². The molecule has 0 spiro atoms. The fourth-order valence-corrected chi connectivity index (χ4v) is 1.14. The van der Waals surface area contributed by atoms with Crippen LogP contribution in [0.5, 0.6) is 0 Å². The van der Waals surface area contributed by atoms with Crippen LogP contribution in [-0.2, 0) is 4.79 Å². The van der Waals surface area contributed by atoms with Gasteiger partial charge >= 0.3 is 0 Å². The van der Waals surface area contributed by atoms with E-state index in [2.05, 4.69) is 11.2 Å². The van der Waals surface area contributed by atoms with E-state index < -0.39 is 0 Å². The topological polar surface area (TPSA) is 32.3 Å². The minimum atomic E-state index is 0.0684. The molecule has 0 aromatic heterocycles. The second-order valence-corrected chi connectivity index (χ2v) is 3.55. The smallest absolute Gasteiger partial charge is 0.234 e. The van der Waals surface area contributed by atoms with Gasteiger partial charge in [-0.2, -0.15) is 0 Å². The van der Waals surface area contributed by atoms with Crippen molar-refractivity contribution < 1.29 is 4.79 Å². The maximum absolute atomic E-state index is 11.4. The molecule has 0 atom stereocenters. The van der Waals surface area contributed by atoms with E-state index in [0.717, 1.165) is 13.1 Å². The van der Waals surface area contributed by atoms with Gasteiger partial charge in [-0.25, -0.2) is 0 Å². The van der Waals surface area contributed by atoms with Crippen molar-refractivity contribution in [2.75, 3.05) is 19.6 Å². The fraction of sp³-hybridized carbons (Fsp3) is 0.727. The van der Waals surface area contributed by atoms with E-state index >= 15 is 0 Å². The third kappa shape index (κ3) is 6.50. The summed E-state index contributed by atoms with van der Waals surface area (Å²) in [6, 6.07) is 0.203. The van der Waals surface area contributed by atoms with E-state index in [1.54, 1.807) is 0 Å². The molecule has 0 rings (SSSR count). The summed E-state index contributed by atoms with van der Waals surface area (Å²) in [5.41, 5.74) is 0. The largest absolute Gasteiger partial charge is 0.353 e. The van der Waals surface area contributed by atoms with Gasteiger partial charge in [-0.05, 0) is 20.4 Å². The Morgan fingerprint density at radius 2 is 2.21 bits per heavy atom. The molecule has 80 valence electrons. The van der Waals surface area contributed by atoms with Gasteiger partial charge in [0.15, 0.2) is 0 Å².